The molecule has 0 spiro atoms. The topological polar surface area (TPSA) is 26.3 Å². The summed E-state index contributed by atoms with van der Waals surface area (Å²) in [7, 11) is 0. The highest BCUT2D eigenvalue weighted by molar-refractivity contribution is 5.89. The second-order valence-electron chi connectivity index (χ2n) is 2.44. The van der Waals surface area contributed by atoms with E-state index in [4.69, 9.17) is 0 Å². The first-order valence-electron chi connectivity index (χ1n) is 3.72. The quantitative estimate of drug-likeness (QED) is 0.508. The molecule has 13 heavy (non-hydrogen) atoms. The van der Waals surface area contributed by atoms with Gasteiger partial charge in [-0.1, -0.05) is 6.58 Å². The number of ether oxygens (including phenoxy) is 1. The summed E-state index contributed by atoms with van der Waals surface area (Å²) in [4.78, 5) is 10.7. The van der Waals surface area contributed by atoms with Crippen LogP contribution in [-0.2, 0) is 9.53 Å². The second kappa shape index (κ2) is 4.30. The molecule has 0 aromatic carbocycles. The number of rotatable bonds is 4. The smallest absolute Gasteiger partial charge is 0.339 e. The number of halogens is 3. The zero-order valence-electron chi connectivity index (χ0n) is 7.44. The predicted octanol–water partition coefficient (Wildman–Crippen LogP) is 2.10. The lowest BCUT2D eigenvalue weighted by molar-refractivity contribution is -0.144. The van der Waals surface area contributed by atoms with Crippen molar-refractivity contribution in [1.29, 1.82) is 0 Å². The van der Waals surface area contributed by atoms with Crippen molar-refractivity contribution in [1.82, 2.24) is 0 Å². The van der Waals surface area contributed by atoms with Crippen LogP contribution in [0.4, 0.5) is 13.2 Å². The summed E-state index contributed by atoms with van der Waals surface area (Å²) in [6.07, 6.45) is -2.45. The summed E-state index contributed by atoms with van der Waals surface area (Å²) in [6, 6.07) is 0. The van der Waals surface area contributed by atoms with Gasteiger partial charge in [0.15, 0.2) is 6.17 Å². The molecule has 1 unspecified atom stereocenters. The first-order chi connectivity index (χ1) is 5.84. The number of alkyl halides is 3. The van der Waals surface area contributed by atoms with Gasteiger partial charge in [0.05, 0.1) is 6.61 Å². The van der Waals surface area contributed by atoms with Gasteiger partial charge in [0.2, 0.25) is 0 Å². The summed E-state index contributed by atoms with van der Waals surface area (Å²) in [5.41, 5.74) is -1.15. The fraction of sp³-hybridized carbons (Fsp3) is 0.625. The summed E-state index contributed by atoms with van der Waals surface area (Å²) >= 11 is 0. The maximum absolute atomic E-state index is 12.7. The molecule has 0 N–H and O–H groups in total. The van der Waals surface area contributed by atoms with Crippen LogP contribution in [-0.4, -0.2) is 24.7 Å². The molecule has 0 amide bonds. The van der Waals surface area contributed by atoms with Gasteiger partial charge in [0.25, 0.3) is 0 Å². The molecule has 0 radical (unpaired) electrons. The van der Waals surface area contributed by atoms with Crippen molar-refractivity contribution >= 4 is 5.97 Å². The van der Waals surface area contributed by atoms with E-state index in [9.17, 15) is 18.0 Å². The molecule has 0 rings (SSSR count). The van der Waals surface area contributed by atoms with Crippen LogP contribution in [0.25, 0.3) is 0 Å². The van der Waals surface area contributed by atoms with E-state index in [-0.39, 0.29) is 6.61 Å². The molecule has 0 aliphatic rings. The van der Waals surface area contributed by atoms with Crippen LogP contribution in [0, 0.1) is 0 Å². The number of hydrogen-bond acceptors (Lipinski definition) is 2. The molecule has 0 aromatic heterocycles. The van der Waals surface area contributed by atoms with Crippen molar-refractivity contribution < 1.29 is 22.7 Å². The summed E-state index contributed by atoms with van der Waals surface area (Å²) in [5, 5.41) is 0. The van der Waals surface area contributed by atoms with Gasteiger partial charge < -0.3 is 4.74 Å². The van der Waals surface area contributed by atoms with Gasteiger partial charge in [-0.05, 0) is 13.8 Å². The van der Waals surface area contributed by atoms with Gasteiger partial charge in [-0.2, -0.15) is 8.78 Å². The largest absolute Gasteiger partial charge is 0.462 e. The minimum atomic E-state index is -3.85. The lowest BCUT2D eigenvalue weighted by atomic mass is 10.1. The molecule has 0 fully saturated rings. The van der Waals surface area contributed by atoms with Gasteiger partial charge >= 0.3 is 11.9 Å². The van der Waals surface area contributed by atoms with Crippen LogP contribution in [0.3, 0.4) is 0 Å². The Morgan fingerprint density at radius 1 is 1.62 bits per heavy atom. The van der Waals surface area contributed by atoms with Crippen LogP contribution >= 0.6 is 0 Å². The second-order valence-corrected chi connectivity index (χ2v) is 2.44. The number of carbonyl (C=O) groups is 1. The third-order valence-corrected chi connectivity index (χ3v) is 1.42. The number of hydrogen-bond donors (Lipinski definition) is 0. The Labute approximate surface area is 74.4 Å². The van der Waals surface area contributed by atoms with Crippen molar-refractivity contribution in [2.24, 2.45) is 0 Å². The number of esters is 1. The molecule has 1 atom stereocenters. The molecule has 0 aromatic rings. The fourth-order valence-electron chi connectivity index (χ4n) is 0.594. The Morgan fingerprint density at radius 3 is 2.38 bits per heavy atom. The first kappa shape index (κ1) is 12.0. The maximum Gasteiger partial charge on any atom is 0.339 e. The zero-order valence-corrected chi connectivity index (χ0v) is 7.44. The molecular weight excluding hydrogens is 185 g/mol. The van der Waals surface area contributed by atoms with Crippen LogP contribution in [0.2, 0.25) is 0 Å². The molecular formula is C8H11F3O2. The fourth-order valence-corrected chi connectivity index (χ4v) is 0.594. The zero-order chi connectivity index (χ0) is 10.6. The summed E-state index contributed by atoms with van der Waals surface area (Å²) in [6.45, 7) is 4.87. The van der Waals surface area contributed by atoms with Crippen LogP contribution in [0.15, 0.2) is 12.2 Å². The Kier molecular flexibility index (Phi) is 3.97. The lowest BCUT2D eigenvalue weighted by Crippen LogP contribution is -2.34. The monoisotopic (exact) mass is 196 g/mol. The van der Waals surface area contributed by atoms with Crippen molar-refractivity contribution in [2.45, 2.75) is 25.9 Å². The van der Waals surface area contributed by atoms with Crippen molar-refractivity contribution in [2.75, 3.05) is 6.61 Å². The minimum absolute atomic E-state index is 0.0470. The third kappa shape index (κ3) is 2.75. The molecule has 2 nitrogen and oxygen atoms in total. The highest BCUT2D eigenvalue weighted by Gasteiger charge is 2.44. The van der Waals surface area contributed by atoms with Gasteiger partial charge in [-0.3, -0.25) is 0 Å². The highest BCUT2D eigenvalue weighted by atomic mass is 19.3. The van der Waals surface area contributed by atoms with E-state index in [1.165, 1.54) is 6.92 Å². The van der Waals surface area contributed by atoms with E-state index in [0.29, 0.717) is 6.92 Å². The molecule has 76 valence electrons. The predicted molar refractivity (Wildman–Crippen MR) is 41.3 cm³/mol. The Balaban J connectivity index is 4.50. The van der Waals surface area contributed by atoms with Crippen molar-refractivity contribution in [3.05, 3.63) is 12.2 Å². The summed E-state index contributed by atoms with van der Waals surface area (Å²) < 4.78 is 42.0. The average molecular weight is 196 g/mol. The number of carbonyl (C=O) groups excluding carboxylic acids is 1. The van der Waals surface area contributed by atoms with E-state index < -0.39 is 23.6 Å². The molecule has 0 bridgehead atoms. The normalized spacial score (nSPS) is 13.6. The Bertz CT molecular complexity index is 211. The van der Waals surface area contributed by atoms with Gasteiger partial charge in [0, 0.05) is 0 Å². The van der Waals surface area contributed by atoms with E-state index >= 15 is 0 Å². The molecule has 0 aliphatic heterocycles. The lowest BCUT2D eigenvalue weighted by Gasteiger charge is -2.18. The van der Waals surface area contributed by atoms with Crippen molar-refractivity contribution in [3.63, 3.8) is 0 Å². The van der Waals surface area contributed by atoms with E-state index in [2.05, 4.69) is 11.3 Å². The molecule has 5 heteroatoms. The highest BCUT2D eigenvalue weighted by Crippen LogP contribution is 2.29. The standard InChI is InChI=1S/C8H11F3O2/c1-4-13-7(12)5(2)8(10,11)6(3)9/h6H,2,4H2,1,3H3. The first-order valence-corrected chi connectivity index (χ1v) is 3.72. The van der Waals surface area contributed by atoms with E-state index in [1.807, 2.05) is 0 Å². The van der Waals surface area contributed by atoms with Gasteiger partial charge in [-0.15, -0.1) is 0 Å². The third-order valence-electron chi connectivity index (χ3n) is 1.42. The molecule has 0 saturated heterocycles. The van der Waals surface area contributed by atoms with Crippen LogP contribution < -0.4 is 0 Å². The van der Waals surface area contributed by atoms with E-state index in [0.717, 1.165) is 0 Å². The Hall–Kier alpha value is -1.00. The molecule has 0 saturated carbocycles. The minimum Gasteiger partial charge on any atom is -0.462 e. The van der Waals surface area contributed by atoms with E-state index in [1.54, 1.807) is 0 Å². The van der Waals surface area contributed by atoms with Gasteiger partial charge in [-0.25, -0.2) is 9.18 Å². The van der Waals surface area contributed by atoms with Crippen LogP contribution in [0.5, 0.6) is 0 Å². The van der Waals surface area contributed by atoms with Crippen LogP contribution in [0.1, 0.15) is 13.8 Å². The molecule has 0 aliphatic carbocycles. The average Bonchev–Trinajstić information content (AvgIpc) is 2.03. The summed E-state index contributed by atoms with van der Waals surface area (Å²) in [5.74, 6) is -5.12. The SMILES string of the molecule is C=C(C(=O)OCC)C(F)(F)C(C)F. The van der Waals surface area contributed by atoms with Crippen molar-refractivity contribution in [3.8, 4) is 0 Å². The van der Waals surface area contributed by atoms with Gasteiger partial charge in [0.1, 0.15) is 5.57 Å². The Morgan fingerprint density at radius 2 is 2.08 bits per heavy atom. The molecule has 0 heterocycles. The maximum atomic E-state index is 12.7.